The van der Waals surface area contributed by atoms with Crippen molar-refractivity contribution in [2.24, 2.45) is 5.73 Å². The van der Waals surface area contributed by atoms with Crippen LogP contribution in [0.2, 0.25) is 0 Å². The maximum atomic E-state index is 11.4. The summed E-state index contributed by atoms with van der Waals surface area (Å²) in [6.07, 6.45) is 7.09. The molecule has 1 heterocycles. The second-order valence-corrected chi connectivity index (χ2v) is 5.80. The lowest BCUT2D eigenvalue weighted by atomic mass is 9.89. The number of carbonyl (C=O) groups is 1. The molecular weight excluding hydrogens is 242 g/mol. The zero-order valence-corrected chi connectivity index (χ0v) is 11.9. The van der Waals surface area contributed by atoms with Crippen LogP contribution in [-0.2, 0) is 9.53 Å². The van der Waals surface area contributed by atoms with Crippen LogP contribution in [-0.4, -0.2) is 55.7 Å². The molecule has 3 N–H and O–H groups in total. The molecule has 0 aromatic carbocycles. The van der Waals surface area contributed by atoms with Crippen LogP contribution in [0.25, 0.3) is 0 Å². The van der Waals surface area contributed by atoms with Crippen molar-refractivity contribution < 1.29 is 9.53 Å². The van der Waals surface area contributed by atoms with Gasteiger partial charge < -0.3 is 15.8 Å². The Hall–Kier alpha value is -0.650. The van der Waals surface area contributed by atoms with E-state index in [0.717, 1.165) is 45.2 Å². The van der Waals surface area contributed by atoms with Crippen molar-refractivity contribution in [1.29, 1.82) is 0 Å². The highest BCUT2D eigenvalue weighted by Gasteiger charge is 2.32. The van der Waals surface area contributed by atoms with Crippen molar-refractivity contribution in [3.63, 3.8) is 0 Å². The summed E-state index contributed by atoms with van der Waals surface area (Å²) < 4.78 is 5.51. The van der Waals surface area contributed by atoms with E-state index in [0.29, 0.717) is 24.7 Å². The average Bonchev–Trinajstić information content (AvgIpc) is 2.45. The van der Waals surface area contributed by atoms with Crippen LogP contribution >= 0.6 is 0 Å². The Kier molecular flexibility index (Phi) is 5.60. The minimum absolute atomic E-state index is 0.210. The maximum Gasteiger partial charge on any atom is 0.231 e. The van der Waals surface area contributed by atoms with E-state index in [1.807, 2.05) is 0 Å². The third-order valence-electron chi connectivity index (χ3n) is 4.52. The Morgan fingerprint density at radius 2 is 2.00 bits per heavy atom. The largest absolute Gasteiger partial charge is 0.381 e. The van der Waals surface area contributed by atoms with Gasteiger partial charge in [-0.05, 0) is 51.6 Å². The highest BCUT2D eigenvalue weighted by atomic mass is 16.5. The predicted molar refractivity (Wildman–Crippen MR) is 74.8 cm³/mol. The molecule has 2 fully saturated rings. The number of nitrogens with one attached hydrogen (secondary N) is 1. The van der Waals surface area contributed by atoms with Crippen LogP contribution < -0.4 is 11.1 Å². The van der Waals surface area contributed by atoms with Gasteiger partial charge >= 0.3 is 0 Å². The number of ether oxygens (including phenoxy) is 1. The van der Waals surface area contributed by atoms with Crippen molar-refractivity contribution in [2.45, 2.75) is 56.7 Å². The Morgan fingerprint density at radius 1 is 1.26 bits per heavy atom. The van der Waals surface area contributed by atoms with E-state index in [2.05, 4.69) is 10.2 Å². The Balaban J connectivity index is 2.00. The summed E-state index contributed by atoms with van der Waals surface area (Å²) in [4.78, 5) is 13.7. The van der Waals surface area contributed by atoms with Crippen LogP contribution in [0.4, 0.5) is 0 Å². The molecule has 19 heavy (non-hydrogen) atoms. The second-order valence-electron chi connectivity index (χ2n) is 5.80. The molecule has 0 spiro atoms. The van der Waals surface area contributed by atoms with Crippen LogP contribution in [0, 0.1) is 0 Å². The van der Waals surface area contributed by atoms with Gasteiger partial charge in [-0.3, -0.25) is 9.69 Å². The van der Waals surface area contributed by atoms with Gasteiger partial charge in [0.1, 0.15) is 0 Å². The zero-order chi connectivity index (χ0) is 13.7. The van der Waals surface area contributed by atoms with E-state index in [4.69, 9.17) is 10.5 Å². The van der Waals surface area contributed by atoms with Gasteiger partial charge in [0.2, 0.25) is 5.91 Å². The molecule has 1 saturated heterocycles. The first kappa shape index (κ1) is 14.8. The summed E-state index contributed by atoms with van der Waals surface area (Å²) in [5, 5.41) is 3.38. The van der Waals surface area contributed by atoms with E-state index in [9.17, 15) is 4.79 Å². The standard InChI is InChI=1S/C14H27N3O2/c1-19-13-4-2-3-12(9-13)17(10-14(15)18)11-5-7-16-8-6-11/h11-13,16H,2-10H2,1H3,(H2,15,18). The lowest BCUT2D eigenvalue weighted by molar-refractivity contribution is -0.121. The van der Waals surface area contributed by atoms with Gasteiger partial charge in [-0.2, -0.15) is 0 Å². The number of hydrogen-bond donors (Lipinski definition) is 2. The van der Waals surface area contributed by atoms with Crippen LogP contribution in [0.3, 0.4) is 0 Å². The molecule has 0 radical (unpaired) electrons. The summed E-state index contributed by atoms with van der Waals surface area (Å²) in [6, 6.07) is 0.948. The quantitative estimate of drug-likeness (QED) is 0.762. The lowest BCUT2D eigenvalue weighted by Crippen LogP contribution is -2.52. The summed E-state index contributed by atoms with van der Waals surface area (Å²) in [5.41, 5.74) is 5.45. The summed E-state index contributed by atoms with van der Waals surface area (Å²) >= 11 is 0. The first-order valence-corrected chi connectivity index (χ1v) is 7.48. The molecule has 5 nitrogen and oxygen atoms in total. The normalized spacial score (nSPS) is 29.6. The van der Waals surface area contributed by atoms with E-state index in [1.165, 1.54) is 6.42 Å². The molecule has 5 heteroatoms. The molecule has 0 aromatic rings. The third-order valence-corrected chi connectivity index (χ3v) is 4.52. The van der Waals surface area contributed by atoms with Gasteiger partial charge in [0.05, 0.1) is 12.6 Å². The fourth-order valence-corrected chi connectivity index (χ4v) is 3.51. The SMILES string of the molecule is COC1CCCC(N(CC(N)=O)C2CCNCC2)C1. The second kappa shape index (κ2) is 7.22. The van der Waals surface area contributed by atoms with Gasteiger partial charge in [-0.1, -0.05) is 0 Å². The fraction of sp³-hybridized carbons (Fsp3) is 0.929. The van der Waals surface area contributed by atoms with E-state index < -0.39 is 0 Å². The molecule has 0 aromatic heterocycles. The van der Waals surface area contributed by atoms with Crippen LogP contribution in [0.15, 0.2) is 0 Å². The first-order chi connectivity index (χ1) is 9.20. The van der Waals surface area contributed by atoms with Gasteiger partial charge in [0.15, 0.2) is 0 Å². The topological polar surface area (TPSA) is 67.6 Å². The van der Waals surface area contributed by atoms with Crippen molar-refractivity contribution in [1.82, 2.24) is 10.2 Å². The lowest BCUT2D eigenvalue weighted by Gasteiger charge is -2.42. The van der Waals surface area contributed by atoms with Gasteiger partial charge in [-0.25, -0.2) is 0 Å². The number of piperidine rings is 1. The minimum Gasteiger partial charge on any atom is -0.381 e. The van der Waals surface area contributed by atoms with Crippen LogP contribution in [0.5, 0.6) is 0 Å². The predicted octanol–water partition coefficient (Wildman–Crippen LogP) is 0.483. The first-order valence-electron chi connectivity index (χ1n) is 7.48. The van der Waals surface area contributed by atoms with Crippen LogP contribution in [0.1, 0.15) is 38.5 Å². The summed E-state index contributed by atoms with van der Waals surface area (Å²) in [7, 11) is 1.79. The molecular formula is C14H27N3O2. The minimum atomic E-state index is -0.210. The van der Waals surface area contributed by atoms with Crippen molar-refractivity contribution in [3.8, 4) is 0 Å². The van der Waals surface area contributed by atoms with Crippen molar-refractivity contribution in [3.05, 3.63) is 0 Å². The number of carbonyl (C=O) groups excluding carboxylic acids is 1. The van der Waals surface area contributed by atoms with Crippen molar-refractivity contribution >= 4 is 5.91 Å². The number of amides is 1. The maximum absolute atomic E-state index is 11.4. The Bertz CT molecular complexity index is 292. The number of hydrogen-bond acceptors (Lipinski definition) is 4. The molecule has 1 saturated carbocycles. The number of nitrogens with zero attached hydrogens (tertiary/aromatic N) is 1. The average molecular weight is 269 g/mol. The fourth-order valence-electron chi connectivity index (χ4n) is 3.51. The Labute approximate surface area is 115 Å². The summed E-state index contributed by atoms with van der Waals surface area (Å²) in [5.74, 6) is -0.210. The molecule has 110 valence electrons. The number of methoxy groups -OCH3 is 1. The number of nitrogens with two attached hydrogens (primary N) is 1. The van der Waals surface area contributed by atoms with Gasteiger partial charge in [0, 0.05) is 19.2 Å². The molecule has 2 rings (SSSR count). The molecule has 1 aliphatic carbocycles. The molecule has 0 bridgehead atoms. The molecule has 2 aliphatic rings. The smallest absolute Gasteiger partial charge is 0.231 e. The third kappa shape index (κ3) is 4.16. The van der Waals surface area contributed by atoms with Gasteiger partial charge in [-0.15, -0.1) is 0 Å². The molecule has 2 atom stereocenters. The molecule has 1 aliphatic heterocycles. The van der Waals surface area contributed by atoms with Gasteiger partial charge in [0.25, 0.3) is 0 Å². The zero-order valence-electron chi connectivity index (χ0n) is 11.9. The number of primary amides is 1. The molecule has 1 amide bonds. The Morgan fingerprint density at radius 3 is 2.63 bits per heavy atom. The monoisotopic (exact) mass is 269 g/mol. The van der Waals surface area contributed by atoms with Crippen molar-refractivity contribution in [2.75, 3.05) is 26.7 Å². The summed E-state index contributed by atoms with van der Waals surface area (Å²) in [6.45, 7) is 2.48. The highest BCUT2D eigenvalue weighted by molar-refractivity contribution is 5.76. The molecule has 2 unspecified atom stereocenters. The number of rotatable bonds is 5. The van der Waals surface area contributed by atoms with E-state index >= 15 is 0 Å². The highest BCUT2D eigenvalue weighted by Crippen LogP contribution is 2.28. The van der Waals surface area contributed by atoms with E-state index in [1.54, 1.807) is 7.11 Å². The van der Waals surface area contributed by atoms with E-state index in [-0.39, 0.29) is 5.91 Å².